The lowest BCUT2D eigenvalue weighted by Crippen LogP contribution is -2.14. The molecule has 4 heteroatoms. The fraction of sp³-hybridized carbons (Fsp3) is 0.667. The molecule has 1 N–H and O–H groups in total. The molecule has 0 fully saturated rings. The third-order valence-electron chi connectivity index (χ3n) is 1.34. The standard InChI is InChI=1S/C6H11N3O/c1-2-6(10)5-9-4-3-7-8-9/h3-4,6,10H,2,5H2,1H3/t6-/m1/s1. The van der Waals surface area contributed by atoms with Gasteiger partial charge in [-0.2, -0.15) is 0 Å². The monoisotopic (exact) mass is 141 g/mol. The first-order chi connectivity index (χ1) is 4.83. The van der Waals surface area contributed by atoms with Crippen LogP contribution in [0.4, 0.5) is 0 Å². The van der Waals surface area contributed by atoms with Gasteiger partial charge in [0.1, 0.15) is 0 Å². The zero-order chi connectivity index (χ0) is 7.40. The van der Waals surface area contributed by atoms with Gasteiger partial charge < -0.3 is 5.11 Å². The van der Waals surface area contributed by atoms with Crippen LogP contribution < -0.4 is 0 Å². The molecule has 0 amide bonds. The Morgan fingerprint density at radius 2 is 2.50 bits per heavy atom. The van der Waals surface area contributed by atoms with E-state index in [-0.39, 0.29) is 6.10 Å². The Balaban J connectivity index is 2.40. The lowest BCUT2D eigenvalue weighted by atomic mass is 10.3. The molecule has 1 heterocycles. The topological polar surface area (TPSA) is 50.9 Å². The van der Waals surface area contributed by atoms with Crippen molar-refractivity contribution in [3.8, 4) is 0 Å². The van der Waals surface area contributed by atoms with Crippen molar-refractivity contribution in [3.63, 3.8) is 0 Å². The molecule has 0 saturated heterocycles. The first kappa shape index (κ1) is 7.21. The fourth-order valence-corrected chi connectivity index (χ4v) is 0.675. The van der Waals surface area contributed by atoms with E-state index >= 15 is 0 Å². The molecule has 10 heavy (non-hydrogen) atoms. The van der Waals surface area contributed by atoms with Gasteiger partial charge in [-0.05, 0) is 6.42 Å². The number of nitrogens with zero attached hydrogens (tertiary/aromatic N) is 3. The second kappa shape index (κ2) is 3.31. The van der Waals surface area contributed by atoms with Gasteiger partial charge in [0.2, 0.25) is 0 Å². The molecular formula is C6H11N3O. The largest absolute Gasteiger partial charge is 0.391 e. The number of aliphatic hydroxyl groups is 1. The second-order valence-electron chi connectivity index (χ2n) is 2.19. The fourth-order valence-electron chi connectivity index (χ4n) is 0.675. The molecule has 0 aromatic carbocycles. The number of hydrogen-bond donors (Lipinski definition) is 1. The van der Waals surface area contributed by atoms with Crippen LogP contribution in [-0.2, 0) is 6.54 Å². The second-order valence-corrected chi connectivity index (χ2v) is 2.19. The quantitative estimate of drug-likeness (QED) is 0.647. The summed E-state index contributed by atoms with van der Waals surface area (Å²) in [5.74, 6) is 0. The molecule has 1 rings (SSSR count). The van der Waals surface area contributed by atoms with E-state index in [1.807, 2.05) is 6.92 Å². The number of rotatable bonds is 3. The molecule has 56 valence electrons. The van der Waals surface area contributed by atoms with Crippen LogP contribution in [0.3, 0.4) is 0 Å². The van der Waals surface area contributed by atoms with E-state index in [4.69, 9.17) is 5.11 Å². The molecule has 0 aliphatic carbocycles. The highest BCUT2D eigenvalue weighted by molar-refractivity contribution is 4.65. The van der Waals surface area contributed by atoms with Crippen molar-refractivity contribution < 1.29 is 5.11 Å². The normalized spacial score (nSPS) is 13.4. The zero-order valence-corrected chi connectivity index (χ0v) is 5.94. The molecule has 4 nitrogen and oxygen atoms in total. The minimum absolute atomic E-state index is 0.304. The van der Waals surface area contributed by atoms with Crippen LogP contribution in [0.15, 0.2) is 12.4 Å². The van der Waals surface area contributed by atoms with Crippen LogP contribution in [-0.4, -0.2) is 26.2 Å². The van der Waals surface area contributed by atoms with Gasteiger partial charge in [0, 0.05) is 6.20 Å². The maximum Gasteiger partial charge on any atom is 0.0734 e. The maximum atomic E-state index is 9.14. The van der Waals surface area contributed by atoms with Crippen molar-refractivity contribution >= 4 is 0 Å². The van der Waals surface area contributed by atoms with Gasteiger partial charge in [-0.3, -0.25) is 0 Å². The third kappa shape index (κ3) is 1.80. The Hall–Kier alpha value is -0.900. The summed E-state index contributed by atoms with van der Waals surface area (Å²) >= 11 is 0. The summed E-state index contributed by atoms with van der Waals surface area (Å²) in [5.41, 5.74) is 0. The number of aliphatic hydroxyl groups excluding tert-OH is 1. The van der Waals surface area contributed by atoms with Gasteiger partial charge in [0.15, 0.2) is 0 Å². The minimum atomic E-state index is -0.304. The average molecular weight is 141 g/mol. The lowest BCUT2D eigenvalue weighted by molar-refractivity contribution is 0.144. The van der Waals surface area contributed by atoms with E-state index in [2.05, 4.69) is 10.3 Å². The number of aromatic nitrogens is 3. The highest BCUT2D eigenvalue weighted by atomic mass is 16.3. The van der Waals surface area contributed by atoms with Gasteiger partial charge in [-0.25, -0.2) is 4.68 Å². The number of hydrogen-bond acceptors (Lipinski definition) is 3. The predicted octanol–water partition coefficient (Wildman–Crippen LogP) is 0.0490. The van der Waals surface area contributed by atoms with E-state index in [0.717, 1.165) is 6.42 Å². The Morgan fingerprint density at radius 1 is 1.70 bits per heavy atom. The minimum Gasteiger partial charge on any atom is -0.391 e. The highest BCUT2D eigenvalue weighted by Crippen LogP contribution is 1.92. The molecule has 0 aliphatic rings. The van der Waals surface area contributed by atoms with E-state index in [0.29, 0.717) is 6.54 Å². The Morgan fingerprint density at radius 3 is 3.00 bits per heavy atom. The molecule has 0 spiro atoms. The summed E-state index contributed by atoms with van der Waals surface area (Å²) < 4.78 is 1.62. The smallest absolute Gasteiger partial charge is 0.0734 e. The van der Waals surface area contributed by atoms with Crippen molar-refractivity contribution in [2.24, 2.45) is 0 Å². The molecule has 0 radical (unpaired) electrons. The summed E-state index contributed by atoms with van der Waals surface area (Å²) in [4.78, 5) is 0. The van der Waals surface area contributed by atoms with Gasteiger partial charge in [-0.15, -0.1) is 5.10 Å². The van der Waals surface area contributed by atoms with Crippen molar-refractivity contribution in [2.45, 2.75) is 26.0 Å². The van der Waals surface area contributed by atoms with Crippen LogP contribution in [0.2, 0.25) is 0 Å². The first-order valence-electron chi connectivity index (χ1n) is 3.35. The van der Waals surface area contributed by atoms with E-state index in [9.17, 15) is 0 Å². The van der Waals surface area contributed by atoms with Gasteiger partial charge in [-0.1, -0.05) is 12.1 Å². The molecule has 1 aromatic rings. The zero-order valence-electron chi connectivity index (χ0n) is 5.94. The first-order valence-corrected chi connectivity index (χ1v) is 3.35. The summed E-state index contributed by atoms with van der Waals surface area (Å²) in [5, 5.41) is 16.5. The summed E-state index contributed by atoms with van der Waals surface area (Å²) in [6.07, 6.45) is 3.78. The Bertz CT molecular complexity index is 173. The molecule has 0 unspecified atom stereocenters. The van der Waals surface area contributed by atoms with Gasteiger partial charge >= 0.3 is 0 Å². The predicted molar refractivity (Wildman–Crippen MR) is 36.3 cm³/mol. The van der Waals surface area contributed by atoms with Crippen molar-refractivity contribution in [1.82, 2.24) is 15.0 Å². The van der Waals surface area contributed by atoms with Gasteiger partial charge in [0.05, 0.1) is 18.8 Å². The maximum absolute atomic E-state index is 9.14. The van der Waals surface area contributed by atoms with Crippen molar-refractivity contribution in [2.75, 3.05) is 0 Å². The summed E-state index contributed by atoms with van der Waals surface area (Å²) in [6, 6.07) is 0. The molecule has 0 bridgehead atoms. The highest BCUT2D eigenvalue weighted by Gasteiger charge is 2.00. The van der Waals surface area contributed by atoms with E-state index in [1.54, 1.807) is 17.1 Å². The summed E-state index contributed by atoms with van der Waals surface area (Å²) in [7, 11) is 0. The third-order valence-corrected chi connectivity index (χ3v) is 1.34. The van der Waals surface area contributed by atoms with Crippen LogP contribution in [0.5, 0.6) is 0 Å². The molecule has 1 aromatic heterocycles. The molecular weight excluding hydrogens is 130 g/mol. The van der Waals surface area contributed by atoms with Crippen LogP contribution in [0.25, 0.3) is 0 Å². The van der Waals surface area contributed by atoms with Crippen molar-refractivity contribution in [3.05, 3.63) is 12.4 Å². The summed E-state index contributed by atoms with van der Waals surface area (Å²) in [6.45, 7) is 2.47. The lowest BCUT2D eigenvalue weighted by Gasteiger charge is -2.05. The van der Waals surface area contributed by atoms with Crippen LogP contribution in [0.1, 0.15) is 13.3 Å². The van der Waals surface area contributed by atoms with Crippen LogP contribution >= 0.6 is 0 Å². The molecule has 1 atom stereocenters. The van der Waals surface area contributed by atoms with E-state index < -0.39 is 0 Å². The SMILES string of the molecule is CC[C@@H](O)Cn1ccnn1. The molecule has 0 saturated carbocycles. The Kier molecular flexibility index (Phi) is 2.39. The van der Waals surface area contributed by atoms with E-state index in [1.165, 1.54) is 0 Å². The average Bonchev–Trinajstić information content (AvgIpc) is 2.40. The van der Waals surface area contributed by atoms with Gasteiger partial charge in [0.25, 0.3) is 0 Å². The molecule has 0 aliphatic heterocycles. The van der Waals surface area contributed by atoms with Crippen molar-refractivity contribution in [1.29, 1.82) is 0 Å². The Labute approximate surface area is 59.5 Å². The van der Waals surface area contributed by atoms with Crippen LogP contribution in [0, 0.1) is 0 Å².